The first kappa shape index (κ1) is 13.9. The van der Waals surface area contributed by atoms with Crippen molar-refractivity contribution in [2.24, 2.45) is 5.92 Å². The monoisotopic (exact) mass is 261 g/mol. The Kier molecular flexibility index (Phi) is 4.48. The van der Waals surface area contributed by atoms with Gasteiger partial charge in [0.1, 0.15) is 5.76 Å². The summed E-state index contributed by atoms with van der Waals surface area (Å²) in [4.78, 5) is 0. The Labute approximate surface area is 114 Å². The van der Waals surface area contributed by atoms with Gasteiger partial charge in [-0.15, -0.1) is 0 Å². The lowest BCUT2D eigenvalue weighted by Crippen LogP contribution is -2.26. The molecule has 0 radical (unpaired) electrons. The predicted molar refractivity (Wildman–Crippen MR) is 78.5 cm³/mol. The Morgan fingerprint density at radius 3 is 2.74 bits per heavy atom. The van der Waals surface area contributed by atoms with E-state index in [0.29, 0.717) is 12.0 Å². The Balaban J connectivity index is 2.05. The number of nitrogens with one attached hydrogen (secondary N) is 1. The fourth-order valence-electron chi connectivity index (χ4n) is 2.40. The second kappa shape index (κ2) is 6.11. The zero-order valence-corrected chi connectivity index (χ0v) is 12.2. The van der Waals surface area contributed by atoms with Crippen LogP contribution in [0.25, 0.3) is 11.0 Å². The van der Waals surface area contributed by atoms with Crippen LogP contribution in [0.3, 0.4) is 0 Å². The van der Waals surface area contributed by atoms with Crippen LogP contribution in [0.1, 0.15) is 33.0 Å². The number of para-hydroxylation sites is 1. The standard InChI is InChI=1S/C16H23NO2/c1-11(2)8-12(3)17-10-14-9-13-6-5-7-15(18-4)16(13)19-14/h5-7,9,11-12,17H,8,10H2,1-4H3/t12-/m0/s1. The Morgan fingerprint density at radius 2 is 2.05 bits per heavy atom. The molecule has 1 aromatic carbocycles. The zero-order chi connectivity index (χ0) is 13.8. The van der Waals surface area contributed by atoms with Gasteiger partial charge in [0.25, 0.3) is 0 Å². The highest BCUT2D eigenvalue weighted by atomic mass is 16.5. The summed E-state index contributed by atoms with van der Waals surface area (Å²) in [5, 5.41) is 4.58. The van der Waals surface area contributed by atoms with Crippen LogP contribution in [0, 0.1) is 5.92 Å². The largest absolute Gasteiger partial charge is 0.493 e. The van der Waals surface area contributed by atoms with Crippen molar-refractivity contribution < 1.29 is 9.15 Å². The van der Waals surface area contributed by atoms with Crippen LogP contribution in [-0.2, 0) is 6.54 Å². The van der Waals surface area contributed by atoms with Crippen molar-refractivity contribution in [2.75, 3.05) is 7.11 Å². The smallest absolute Gasteiger partial charge is 0.176 e. The molecule has 0 unspecified atom stereocenters. The lowest BCUT2D eigenvalue weighted by atomic mass is 10.1. The van der Waals surface area contributed by atoms with Crippen molar-refractivity contribution in [3.05, 3.63) is 30.0 Å². The van der Waals surface area contributed by atoms with Gasteiger partial charge in [-0.2, -0.15) is 0 Å². The summed E-state index contributed by atoms with van der Waals surface area (Å²) in [6.45, 7) is 7.45. The highest BCUT2D eigenvalue weighted by Crippen LogP contribution is 2.28. The van der Waals surface area contributed by atoms with Gasteiger partial charge < -0.3 is 14.5 Å². The number of ether oxygens (including phenoxy) is 1. The molecule has 0 fully saturated rings. The lowest BCUT2D eigenvalue weighted by molar-refractivity contribution is 0.398. The molecule has 3 heteroatoms. The molecule has 0 spiro atoms. The van der Waals surface area contributed by atoms with Crippen LogP contribution in [-0.4, -0.2) is 13.2 Å². The third-order valence-corrected chi connectivity index (χ3v) is 3.23. The summed E-state index contributed by atoms with van der Waals surface area (Å²) in [6, 6.07) is 8.52. The number of furan rings is 1. The van der Waals surface area contributed by atoms with E-state index in [-0.39, 0.29) is 0 Å². The maximum atomic E-state index is 5.86. The topological polar surface area (TPSA) is 34.4 Å². The Bertz CT molecular complexity index is 531. The summed E-state index contributed by atoms with van der Waals surface area (Å²) < 4.78 is 11.2. The molecular formula is C16H23NO2. The summed E-state index contributed by atoms with van der Waals surface area (Å²) in [5.41, 5.74) is 0.832. The van der Waals surface area contributed by atoms with E-state index < -0.39 is 0 Å². The quantitative estimate of drug-likeness (QED) is 0.854. The number of hydrogen-bond donors (Lipinski definition) is 1. The van der Waals surface area contributed by atoms with Gasteiger partial charge in [0.2, 0.25) is 0 Å². The molecule has 19 heavy (non-hydrogen) atoms. The van der Waals surface area contributed by atoms with Crippen molar-refractivity contribution in [1.29, 1.82) is 0 Å². The fourth-order valence-corrected chi connectivity index (χ4v) is 2.40. The SMILES string of the molecule is COc1cccc2cc(CN[C@@H](C)CC(C)C)oc12. The number of fused-ring (bicyclic) bond motifs is 1. The Hall–Kier alpha value is -1.48. The highest BCUT2D eigenvalue weighted by Gasteiger charge is 2.10. The minimum atomic E-state index is 0.495. The normalized spacial score (nSPS) is 13.1. The third-order valence-electron chi connectivity index (χ3n) is 3.23. The minimum Gasteiger partial charge on any atom is -0.493 e. The molecule has 1 heterocycles. The molecule has 2 aromatic rings. The molecule has 0 aliphatic rings. The van der Waals surface area contributed by atoms with Crippen molar-refractivity contribution in [3.63, 3.8) is 0 Å². The van der Waals surface area contributed by atoms with E-state index in [9.17, 15) is 0 Å². The van der Waals surface area contributed by atoms with Gasteiger partial charge in [-0.1, -0.05) is 26.0 Å². The van der Waals surface area contributed by atoms with Crippen LogP contribution in [0.4, 0.5) is 0 Å². The molecule has 0 bridgehead atoms. The van der Waals surface area contributed by atoms with E-state index in [2.05, 4.69) is 32.2 Å². The van der Waals surface area contributed by atoms with Crippen molar-refractivity contribution in [3.8, 4) is 5.75 Å². The first-order valence-corrected chi connectivity index (χ1v) is 6.89. The average Bonchev–Trinajstić information content (AvgIpc) is 2.78. The molecule has 1 atom stereocenters. The number of methoxy groups -OCH3 is 1. The van der Waals surface area contributed by atoms with Crippen LogP contribution in [0.15, 0.2) is 28.7 Å². The Morgan fingerprint density at radius 1 is 1.26 bits per heavy atom. The van der Waals surface area contributed by atoms with Crippen molar-refractivity contribution in [2.45, 2.75) is 39.8 Å². The van der Waals surface area contributed by atoms with Gasteiger partial charge in [-0.3, -0.25) is 0 Å². The van der Waals surface area contributed by atoms with Crippen LogP contribution >= 0.6 is 0 Å². The van der Waals surface area contributed by atoms with Gasteiger partial charge in [0, 0.05) is 11.4 Å². The van der Waals surface area contributed by atoms with Crippen LogP contribution < -0.4 is 10.1 Å². The third kappa shape index (κ3) is 3.51. The van der Waals surface area contributed by atoms with Gasteiger partial charge in [-0.25, -0.2) is 0 Å². The number of benzene rings is 1. The minimum absolute atomic E-state index is 0.495. The van der Waals surface area contributed by atoms with Crippen molar-refractivity contribution >= 4 is 11.0 Å². The maximum absolute atomic E-state index is 5.86. The number of rotatable bonds is 6. The molecule has 0 saturated heterocycles. The van der Waals surface area contributed by atoms with E-state index in [1.54, 1.807) is 7.11 Å². The van der Waals surface area contributed by atoms with Gasteiger partial charge in [0.05, 0.1) is 13.7 Å². The van der Waals surface area contributed by atoms with Crippen LogP contribution in [0.5, 0.6) is 5.75 Å². The first-order chi connectivity index (χ1) is 9.10. The number of hydrogen-bond acceptors (Lipinski definition) is 3. The second-order valence-electron chi connectivity index (χ2n) is 5.50. The lowest BCUT2D eigenvalue weighted by Gasteiger charge is -2.14. The molecule has 0 aliphatic heterocycles. The molecule has 1 aromatic heterocycles. The van der Waals surface area contributed by atoms with E-state index in [4.69, 9.17) is 9.15 Å². The first-order valence-electron chi connectivity index (χ1n) is 6.89. The average molecular weight is 261 g/mol. The molecule has 1 N–H and O–H groups in total. The second-order valence-corrected chi connectivity index (χ2v) is 5.50. The molecule has 0 amide bonds. The van der Waals surface area contributed by atoms with Crippen molar-refractivity contribution in [1.82, 2.24) is 5.32 Å². The van der Waals surface area contributed by atoms with Gasteiger partial charge in [-0.05, 0) is 31.4 Å². The zero-order valence-electron chi connectivity index (χ0n) is 12.2. The van der Waals surface area contributed by atoms with E-state index in [1.165, 1.54) is 6.42 Å². The van der Waals surface area contributed by atoms with E-state index >= 15 is 0 Å². The van der Waals surface area contributed by atoms with E-state index in [1.807, 2.05) is 18.2 Å². The molecule has 2 rings (SSSR count). The molecule has 0 aliphatic carbocycles. The summed E-state index contributed by atoms with van der Waals surface area (Å²) >= 11 is 0. The molecular weight excluding hydrogens is 238 g/mol. The molecule has 0 saturated carbocycles. The van der Waals surface area contributed by atoms with Crippen LogP contribution in [0.2, 0.25) is 0 Å². The summed E-state index contributed by atoms with van der Waals surface area (Å²) in [6.07, 6.45) is 1.17. The van der Waals surface area contributed by atoms with E-state index in [0.717, 1.165) is 29.0 Å². The maximum Gasteiger partial charge on any atom is 0.176 e. The van der Waals surface area contributed by atoms with Gasteiger partial charge in [0.15, 0.2) is 11.3 Å². The molecule has 104 valence electrons. The fraction of sp³-hybridized carbons (Fsp3) is 0.500. The van der Waals surface area contributed by atoms with Gasteiger partial charge >= 0.3 is 0 Å². The molecule has 3 nitrogen and oxygen atoms in total. The summed E-state index contributed by atoms with van der Waals surface area (Å²) in [7, 11) is 1.67. The highest BCUT2D eigenvalue weighted by molar-refractivity contribution is 5.83. The predicted octanol–water partition coefficient (Wildman–Crippen LogP) is 3.97. The summed E-state index contributed by atoms with van der Waals surface area (Å²) in [5.74, 6) is 2.45.